The third kappa shape index (κ3) is 3.22. The molecule has 2 heteroatoms. The van der Waals surface area contributed by atoms with Gasteiger partial charge < -0.3 is 0 Å². The van der Waals surface area contributed by atoms with E-state index in [0.717, 1.165) is 29.6 Å². The smallest absolute Gasteiger partial charge is 0.0267 e. The molecule has 0 aromatic heterocycles. The molecule has 0 spiro atoms. The average molecular weight is 278 g/mol. The Hall–Kier alpha value is -0.0800. The van der Waals surface area contributed by atoms with E-state index in [2.05, 4.69) is 12.3 Å². The molecule has 3 aliphatic rings. The number of nitrogens with one attached hydrogen (secondary N) is 1. The van der Waals surface area contributed by atoms with E-state index < -0.39 is 0 Å². The van der Waals surface area contributed by atoms with Crippen LogP contribution >= 0.6 is 0 Å². The largest absolute Gasteiger partial charge is 0.271 e. The van der Waals surface area contributed by atoms with Gasteiger partial charge in [-0.3, -0.25) is 11.3 Å². The number of nitrogens with two attached hydrogens (primary N) is 1. The molecule has 0 radical (unpaired) electrons. The molecule has 20 heavy (non-hydrogen) atoms. The molecule has 0 bridgehead atoms. The van der Waals surface area contributed by atoms with E-state index in [9.17, 15) is 0 Å². The van der Waals surface area contributed by atoms with Crippen LogP contribution in [-0.2, 0) is 0 Å². The van der Waals surface area contributed by atoms with Gasteiger partial charge in [0.05, 0.1) is 0 Å². The van der Waals surface area contributed by atoms with Gasteiger partial charge in [-0.05, 0) is 61.7 Å². The fourth-order valence-electron chi connectivity index (χ4n) is 5.54. The van der Waals surface area contributed by atoms with E-state index in [1.54, 1.807) is 0 Å². The molecule has 0 amide bonds. The van der Waals surface area contributed by atoms with Gasteiger partial charge in [0.2, 0.25) is 0 Å². The lowest BCUT2D eigenvalue weighted by Crippen LogP contribution is -2.49. The highest BCUT2D eigenvalue weighted by Gasteiger charge is 2.38. The van der Waals surface area contributed by atoms with Crippen LogP contribution in [0.3, 0.4) is 0 Å². The summed E-state index contributed by atoms with van der Waals surface area (Å²) in [4.78, 5) is 0. The maximum absolute atomic E-state index is 5.99. The summed E-state index contributed by atoms with van der Waals surface area (Å²) in [5.74, 6) is 10.7. The van der Waals surface area contributed by atoms with Gasteiger partial charge in [0.1, 0.15) is 0 Å². The maximum atomic E-state index is 5.99. The third-order valence-corrected chi connectivity index (χ3v) is 6.85. The monoisotopic (exact) mass is 278 g/mol. The van der Waals surface area contributed by atoms with Gasteiger partial charge in [-0.15, -0.1) is 0 Å². The SMILES string of the molecule is CC1CCC(C(NN)C2CCC3CCCCC3C2)CC1. The van der Waals surface area contributed by atoms with Crippen LogP contribution < -0.4 is 11.3 Å². The first kappa shape index (κ1) is 14.8. The molecule has 3 fully saturated rings. The summed E-state index contributed by atoms with van der Waals surface area (Å²) in [6, 6.07) is 0.602. The van der Waals surface area contributed by atoms with Gasteiger partial charge in [0.15, 0.2) is 0 Å². The number of hydrogen-bond acceptors (Lipinski definition) is 2. The summed E-state index contributed by atoms with van der Waals surface area (Å²) in [5, 5.41) is 0. The predicted octanol–water partition coefficient (Wildman–Crippen LogP) is 4.25. The van der Waals surface area contributed by atoms with Crippen molar-refractivity contribution in [3.05, 3.63) is 0 Å². The first-order chi connectivity index (χ1) is 9.78. The molecule has 3 saturated carbocycles. The van der Waals surface area contributed by atoms with Gasteiger partial charge in [-0.25, -0.2) is 0 Å². The van der Waals surface area contributed by atoms with Crippen molar-refractivity contribution in [3.8, 4) is 0 Å². The van der Waals surface area contributed by atoms with Crippen molar-refractivity contribution in [1.82, 2.24) is 5.43 Å². The fraction of sp³-hybridized carbons (Fsp3) is 1.00. The van der Waals surface area contributed by atoms with Crippen LogP contribution in [0, 0.1) is 29.6 Å². The van der Waals surface area contributed by atoms with E-state index in [1.165, 1.54) is 70.6 Å². The Bertz CT molecular complexity index is 296. The van der Waals surface area contributed by atoms with E-state index >= 15 is 0 Å². The van der Waals surface area contributed by atoms with Crippen LogP contribution in [-0.4, -0.2) is 6.04 Å². The van der Waals surface area contributed by atoms with E-state index in [-0.39, 0.29) is 0 Å². The second kappa shape index (κ2) is 6.79. The first-order valence-corrected chi connectivity index (χ1v) is 9.24. The Morgan fingerprint density at radius 2 is 1.45 bits per heavy atom. The molecule has 2 nitrogen and oxygen atoms in total. The molecular formula is C18H34N2. The van der Waals surface area contributed by atoms with Crippen LogP contribution in [0.4, 0.5) is 0 Å². The Kier molecular flexibility index (Phi) is 5.04. The van der Waals surface area contributed by atoms with Crippen molar-refractivity contribution in [2.75, 3.05) is 0 Å². The molecule has 116 valence electrons. The van der Waals surface area contributed by atoms with E-state index in [1.807, 2.05) is 0 Å². The fourth-order valence-corrected chi connectivity index (χ4v) is 5.54. The van der Waals surface area contributed by atoms with Gasteiger partial charge in [-0.2, -0.15) is 0 Å². The van der Waals surface area contributed by atoms with Crippen LogP contribution in [0.5, 0.6) is 0 Å². The predicted molar refractivity (Wildman–Crippen MR) is 85.0 cm³/mol. The van der Waals surface area contributed by atoms with E-state index in [0.29, 0.717) is 6.04 Å². The Morgan fingerprint density at radius 1 is 0.800 bits per heavy atom. The van der Waals surface area contributed by atoms with Crippen LogP contribution in [0.15, 0.2) is 0 Å². The van der Waals surface area contributed by atoms with Crippen molar-refractivity contribution in [1.29, 1.82) is 0 Å². The number of fused-ring (bicyclic) bond motifs is 1. The standard InChI is InChI=1S/C18H34N2/c1-13-6-8-15(9-7-13)18(20-19)17-11-10-14-4-2-3-5-16(14)12-17/h13-18,20H,2-12,19H2,1H3. The number of hydrogen-bond donors (Lipinski definition) is 2. The molecule has 0 aromatic rings. The summed E-state index contributed by atoms with van der Waals surface area (Å²) in [5.41, 5.74) is 3.25. The van der Waals surface area contributed by atoms with Crippen molar-refractivity contribution < 1.29 is 0 Å². The topological polar surface area (TPSA) is 38.0 Å². The lowest BCUT2D eigenvalue weighted by Gasteiger charge is -2.44. The first-order valence-electron chi connectivity index (χ1n) is 9.24. The normalized spacial score (nSPS) is 43.8. The molecule has 4 unspecified atom stereocenters. The number of rotatable bonds is 3. The Morgan fingerprint density at radius 3 is 2.15 bits per heavy atom. The zero-order valence-electron chi connectivity index (χ0n) is 13.3. The zero-order valence-corrected chi connectivity index (χ0v) is 13.3. The summed E-state index contributed by atoms with van der Waals surface area (Å²) in [6.45, 7) is 2.41. The summed E-state index contributed by atoms with van der Waals surface area (Å²) < 4.78 is 0. The molecule has 0 saturated heterocycles. The highest BCUT2D eigenvalue weighted by Crippen LogP contribution is 2.45. The molecular weight excluding hydrogens is 244 g/mol. The summed E-state index contributed by atoms with van der Waals surface area (Å²) in [7, 11) is 0. The number of hydrazine groups is 1. The van der Waals surface area contributed by atoms with Gasteiger partial charge in [-0.1, -0.05) is 45.4 Å². The van der Waals surface area contributed by atoms with Crippen molar-refractivity contribution in [2.24, 2.45) is 35.4 Å². The average Bonchev–Trinajstić information content (AvgIpc) is 2.50. The third-order valence-electron chi connectivity index (χ3n) is 6.85. The molecule has 3 rings (SSSR count). The van der Waals surface area contributed by atoms with Gasteiger partial charge in [0, 0.05) is 6.04 Å². The molecule has 0 aromatic carbocycles. The van der Waals surface area contributed by atoms with Gasteiger partial charge >= 0.3 is 0 Å². The molecule has 0 aliphatic heterocycles. The van der Waals surface area contributed by atoms with Gasteiger partial charge in [0.25, 0.3) is 0 Å². The lowest BCUT2D eigenvalue weighted by molar-refractivity contribution is 0.0810. The lowest BCUT2D eigenvalue weighted by atomic mass is 9.63. The minimum Gasteiger partial charge on any atom is -0.271 e. The highest BCUT2D eigenvalue weighted by molar-refractivity contribution is 4.91. The maximum Gasteiger partial charge on any atom is 0.0267 e. The van der Waals surface area contributed by atoms with Crippen molar-refractivity contribution >= 4 is 0 Å². The quantitative estimate of drug-likeness (QED) is 0.598. The van der Waals surface area contributed by atoms with Crippen LogP contribution in [0.25, 0.3) is 0 Å². The second-order valence-corrected chi connectivity index (χ2v) is 8.09. The second-order valence-electron chi connectivity index (χ2n) is 8.09. The minimum atomic E-state index is 0.602. The van der Waals surface area contributed by atoms with E-state index in [4.69, 9.17) is 5.84 Å². The highest BCUT2D eigenvalue weighted by atomic mass is 15.2. The molecule has 3 aliphatic carbocycles. The molecule has 3 N–H and O–H groups in total. The molecule has 0 heterocycles. The Labute approximate surface area is 125 Å². The Balaban J connectivity index is 1.58. The zero-order chi connectivity index (χ0) is 13.9. The van der Waals surface area contributed by atoms with Crippen LogP contribution in [0.1, 0.15) is 77.6 Å². The van der Waals surface area contributed by atoms with Crippen molar-refractivity contribution in [2.45, 2.75) is 83.6 Å². The summed E-state index contributed by atoms with van der Waals surface area (Å²) in [6.07, 6.45) is 16.0. The molecule has 4 atom stereocenters. The summed E-state index contributed by atoms with van der Waals surface area (Å²) >= 11 is 0. The van der Waals surface area contributed by atoms with Crippen LogP contribution in [0.2, 0.25) is 0 Å². The minimum absolute atomic E-state index is 0.602. The van der Waals surface area contributed by atoms with Crippen molar-refractivity contribution in [3.63, 3.8) is 0 Å².